The maximum atomic E-state index is 15.3. The summed E-state index contributed by atoms with van der Waals surface area (Å²) in [6.07, 6.45) is -1.49. The Hall–Kier alpha value is -4.07. The van der Waals surface area contributed by atoms with E-state index in [0.717, 1.165) is 12.1 Å². The van der Waals surface area contributed by atoms with Gasteiger partial charge in [0.15, 0.2) is 11.5 Å². The number of allylic oxidation sites excluding steroid dienone is 1. The molecule has 0 unspecified atom stereocenters. The largest absolute Gasteiger partial charge is 0.486 e. The molecule has 5 rings (SSSR count). The summed E-state index contributed by atoms with van der Waals surface area (Å²) in [6.45, 7) is -0.0409. The molecule has 0 atom stereocenters. The Morgan fingerprint density at radius 3 is 2.46 bits per heavy atom. The molecule has 2 amide bonds. The second kappa shape index (κ2) is 10.2. The molecular formula is C25H22F4N4O5S. The van der Waals surface area contributed by atoms with Crippen LogP contribution in [0.5, 0.6) is 11.5 Å². The lowest BCUT2D eigenvalue weighted by atomic mass is 9.92. The van der Waals surface area contributed by atoms with Gasteiger partial charge >= 0.3 is 12.2 Å². The van der Waals surface area contributed by atoms with Gasteiger partial charge in [-0.1, -0.05) is 0 Å². The average molecular weight is 567 g/mol. The van der Waals surface area contributed by atoms with Crippen molar-refractivity contribution in [3.8, 4) is 17.2 Å². The minimum atomic E-state index is -4.50. The van der Waals surface area contributed by atoms with Crippen LogP contribution < -0.4 is 19.5 Å². The molecule has 2 heterocycles. The van der Waals surface area contributed by atoms with Gasteiger partial charge < -0.3 is 14.8 Å². The van der Waals surface area contributed by atoms with Gasteiger partial charge in [0.2, 0.25) is 0 Å². The van der Waals surface area contributed by atoms with E-state index in [1.165, 1.54) is 41.2 Å². The summed E-state index contributed by atoms with van der Waals surface area (Å²) in [7, 11) is -4.29. The van der Waals surface area contributed by atoms with Gasteiger partial charge in [0.25, 0.3) is 10.0 Å². The number of carbonyl (C=O) groups excluding carboxylic acids is 1. The van der Waals surface area contributed by atoms with Crippen molar-refractivity contribution in [1.82, 2.24) is 19.8 Å². The number of sulfonamides is 1. The summed E-state index contributed by atoms with van der Waals surface area (Å²) in [5.74, 6) is -0.129. The number of hydrogen-bond donors (Lipinski definition) is 2. The highest BCUT2D eigenvalue weighted by Gasteiger charge is 2.31. The van der Waals surface area contributed by atoms with E-state index in [4.69, 9.17) is 9.47 Å². The van der Waals surface area contributed by atoms with Crippen LogP contribution in [0.2, 0.25) is 0 Å². The number of benzene rings is 2. The fourth-order valence-corrected chi connectivity index (χ4v) is 5.33. The van der Waals surface area contributed by atoms with Gasteiger partial charge in [0.1, 0.15) is 19.0 Å². The van der Waals surface area contributed by atoms with Crippen LogP contribution in [0.25, 0.3) is 11.3 Å². The third-order valence-electron chi connectivity index (χ3n) is 6.23. The molecule has 1 aliphatic heterocycles. The summed E-state index contributed by atoms with van der Waals surface area (Å²) >= 11 is 0. The zero-order valence-electron chi connectivity index (χ0n) is 20.2. The normalized spacial score (nSPS) is 16.3. The number of nitrogens with zero attached hydrogens (tertiary/aromatic N) is 2. The van der Waals surface area contributed by atoms with Crippen LogP contribution in [0.4, 0.5) is 22.4 Å². The van der Waals surface area contributed by atoms with Crippen LogP contribution >= 0.6 is 0 Å². The van der Waals surface area contributed by atoms with Gasteiger partial charge in [-0.05, 0) is 61.2 Å². The van der Waals surface area contributed by atoms with Crippen LogP contribution in [0.3, 0.4) is 0 Å². The maximum Gasteiger partial charge on any atom is 0.416 e. The average Bonchev–Trinajstić information content (AvgIpc) is 3.35. The molecule has 2 aliphatic rings. The summed E-state index contributed by atoms with van der Waals surface area (Å²) in [6, 6.07) is 7.05. The van der Waals surface area contributed by atoms with Gasteiger partial charge in [-0.3, -0.25) is 0 Å². The van der Waals surface area contributed by atoms with E-state index in [0.29, 0.717) is 48.6 Å². The standard InChI is InChI=1S/C25H22F4N4O5S/c26-20(14-30-24(34)32-39(35,36)18-8-9-21-22(12-18)38-11-10-37-21)19-3-1-2-15-13-31-33(23(15)19)17-6-4-16(5-7-17)25(27,28)29/h4-9,12-13H,1-3,10-11,14H2,(H2,30,32,34)/b20-19-. The van der Waals surface area contributed by atoms with Crippen molar-refractivity contribution in [3.05, 3.63) is 71.3 Å². The number of urea groups is 1. The SMILES string of the molecule is O=C(NC/C(F)=C1\CCCc2cnn(-c3ccc(C(F)(F)F)cc3)c21)NS(=O)(=O)c1ccc2c(c1)OCCO2. The quantitative estimate of drug-likeness (QED) is 0.444. The highest BCUT2D eigenvalue weighted by molar-refractivity contribution is 7.90. The van der Waals surface area contributed by atoms with Crippen LogP contribution in [-0.4, -0.2) is 44.0 Å². The summed E-state index contributed by atoms with van der Waals surface area (Å²) in [5, 5.41) is 6.44. The number of ether oxygens (including phenoxy) is 2. The van der Waals surface area contributed by atoms with Crippen LogP contribution in [0.15, 0.2) is 59.4 Å². The molecule has 14 heteroatoms. The van der Waals surface area contributed by atoms with E-state index in [1.54, 1.807) is 0 Å². The lowest BCUT2D eigenvalue weighted by Crippen LogP contribution is -2.40. The Morgan fingerprint density at radius 2 is 1.74 bits per heavy atom. The van der Waals surface area contributed by atoms with E-state index in [2.05, 4.69) is 10.4 Å². The minimum absolute atomic E-state index is 0.220. The maximum absolute atomic E-state index is 15.3. The number of aryl methyl sites for hydroxylation is 1. The number of alkyl halides is 3. The fraction of sp³-hybridized carbons (Fsp3) is 0.280. The first-order valence-corrected chi connectivity index (χ1v) is 13.3. The van der Waals surface area contributed by atoms with E-state index >= 15 is 4.39 Å². The number of hydrogen-bond acceptors (Lipinski definition) is 6. The monoisotopic (exact) mass is 566 g/mol. The molecule has 206 valence electrons. The zero-order valence-corrected chi connectivity index (χ0v) is 21.0. The van der Waals surface area contributed by atoms with Crippen molar-refractivity contribution < 1.29 is 40.2 Å². The lowest BCUT2D eigenvalue weighted by Gasteiger charge is -2.20. The molecule has 0 bridgehead atoms. The van der Waals surface area contributed by atoms with Crippen LogP contribution in [-0.2, 0) is 22.6 Å². The first-order chi connectivity index (χ1) is 18.5. The molecule has 0 saturated carbocycles. The highest BCUT2D eigenvalue weighted by atomic mass is 32.2. The Labute approximate surface area is 220 Å². The Kier molecular flexibility index (Phi) is 6.97. The number of carbonyl (C=O) groups is 1. The molecule has 2 aromatic carbocycles. The second-order valence-corrected chi connectivity index (χ2v) is 10.5. The highest BCUT2D eigenvalue weighted by Crippen LogP contribution is 2.36. The van der Waals surface area contributed by atoms with Crippen LogP contribution in [0.1, 0.15) is 29.7 Å². The van der Waals surface area contributed by atoms with Crippen LogP contribution in [0, 0.1) is 0 Å². The number of nitrogens with one attached hydrogen (secondary N) is 2. The van der Waals surface area contributed by atoms with Crippen molar-refractivity contribution in [2.75, 3.05) is 19.8 Å². The Balaban J connectivity index is 1.31. The smallest absolute Gasteiger partial charge is 0.416 e. The molecule has 1 aliphatic carbocycles. The number of amides is 2. The lowest BCUT2D eigenvalue weighted by molar-refractivity contribution is -0.137. The number of fused-ring (bicyclic) bond motifs is 2. The van der Waals surface area contributed by atoms with Gasteiger partial charge in [-0.2, -0.15) is 18.3 Å². The van der Waals surface area contributed by atoms with E-state index in [9.17, 15) is 26.4 Å². The predicted octanol–water partition coefficient (Wildman–Crippen LogP) is 4.37. The van der Waals surface area contributed by atoms with E-state index < -0.39 is 40.2 Å². The molecule has 0 saturated heterocycles. The third-order valence-corrected chi connectivity index (χ3v) is 7.55. The predicted molar refractivity (Wildman–Crippen MR) is 131 cm³/mol. The zero-order chi connectivity index (χ0) is 27.8. The molecule has 0 fully saturated rings. The van der Waals surface area contributed by atoms with Gasteiger partial charge in [0, 0.05) is 11.6 Å². The number of rotatable bonds is 5. The topological polar surface area (TPSA) is 112 Å². The van der Waals surface area contributed by atoms with Crippen molar-refractivity contribution in [2.45, 2.75) is 30.3 Å². The third kappa shape index (κ3) is 5.55. The summed E-state index contributed by atoms with van der Waals surface area (Å²) in [4.78, 5) is 12.1. The molecule has 0 spiro atoms. The molecular weight excluding hydrogens is 544 g/mol. The molecule has 9 nitrogen and oxygen atoms in total. The first kappa shape index (κ1) is 26.5. The van der Waals surface area contributed by atoms with Gasteiger partial charge in [-0.15, -0.1) is 0 Å². The van der Waals surface area contributed by atoms with Gasteiger partial charge in [0.05, 0.1) is 34.6 Å². The fourth-order valence-electron chi connectivity index (χ4n) is 4.38. The van der Waals surface area contributed by atoms with Crippen molar-refractivity contribution in [2.24, 2.45) is 0 Å². The molecule has 1 aromatic heterocycles. The number of aromatic nitrogens is 2. The van der Waals surface area contributed by atoms with Gasteiger partial charge in [-0.25, -0.2) is 27.0 Å². The minimum Gasteiger partial charge on any atom is -0.486 e. The van der Waals surface area contributed by atoms with Crippen molar-refractivity contribution in [3.63, 3.8) is 0 Å². The Morgan fingerprint density at radius 1 is 1.03 bits per heavy atom. The molecule has 0 radical (unpaired) electrons. The van der Waals surface area contributed by atoms with Crippen molar-refractivity contribution in [1.29, 1.82) is 0 Å². The van der Waals surface area contributed by atoms with E-state index in [1.807, 2.05) is 4.72 Å². The van der Waals surface area contributed by atoms with Crippen molar-refractivity contribution >= 4 is 21.6 Å². The molecule has 39 heavy (non-hydrogen) atoms. The number of halogens is 4. The molecule has 3 aromatic rings. The second-order valence-electron chi connectivity index (χ2n) is 8.81. The Bertz CT molecular complexity index is 1550. The summed E-state index contributed by atoms with van der Waals surface area (Å²) < 4.78 is 93.4. The summed E-state index contributed by atoms with van der Waals surface area (Å²) in [5.41, 5.74) is 0.813. The molecule has 2 N–H and O–H groups in total. The first-order valence-electron chi connectivity index (χ1n) is 11.9. The van der Waals surface area contributed by atoms with E-state index in [-0.39, 0.29) is 22.8 Å².